The van der Waals surface area contributed by atoms with Gasteiger partial charge in [-0.3, -0.25) is 0 Å². The summed E-state index contributed by atoms with van der Waals surface area (Å²) in [6, 6.07) is 5.23. The molecule has 0 saturated carbocycles. The zero-order valence-corrected chi connectivity index (χ0v) is 7.49. The van der Waals surface area contributed by atoms with Crippen LogP contribution in [-0.4, -0.2) is 10.2 Å². The van der Waals surface area contributed by atoms with E-state index in [1.54, 1.807) is 18.2 Å². The fourth-order valence-corrected chi connectivity index (χ4v) is 1.01. The summed E-state index contributed by atoms with van der Waals surface area (Å²) in [6.07, 6.45) is 3.19. The zero-order valence-electron chi connectivity index (χ0n) is 7.49. The molecule has 0 amide bonds. The summed E-state index contributed by atoms with van der Waals surface area (Å²) < 4.78 is 0. The molecule has 0 aliphatic rings. The van der Waals surface area contributed by atoms with Crippen LogP contribution in [0.25, 0.3) is 6.08 Å². The molecule has 2 N–H and O–H groups in total. The number of hydrogen-bond acceptors (Lipinski definition) is 2. The van der Waals surface area contributed by atoms with Gasteiger partial charge in [0.25, 0.3) is 0 Å². The molecule has 1 aromatic carbocycles. The molecule has 13 heavy (non-hydrogen) atoms. The lowest BCUT2D eigenvalue weighted by Gasteiger charge is -2.01. The molecular weight excluding hydrogens is 164 g/mol. The van der Waals surface area contributed by atoms with Gasteiger partial charge in [0.2, 0.25) is 0 Å². The zero-order chi connectivity index (χ0) is 9.84. The van der Waals surface area contributed by atoms with Crippen LogP contribution in [0.4, 0.5) is 0 Å². The molecule has 1 rings (SSSR count). The van der Waals surface area contributed by atoms with Crippen molar-refractivity contribution in [1.82, 2.24) is 0 Å². The van der Waals surface area contributed by atoms with E-state index < -0.39 is 0 Å². The van der Waals surface area contributed by atoms with Gasteiger partial charge >= 0.3 is 0 Å². The lowest BCUT2D eigenvalue weighted by Crippen LogP contribution is -1.80. The Kier molecular flexibility index (Phi) is 2.75. The first-order valence-electron chi connectivity index (χ1n) is 3.96. The number of aliphatic hydroxyl groups is 1. The van der Waals surface area contributed by atoms with Crippen molar-refractivity contribution in [2.24, 2.45) is 0 Å². The molecule has 68 valence electrons. The topological polar surface area (TPSA) is 40.5 Å². The molecule has 2 nitrogen and oxygen atoms in total. The van der Waals surface area contributed by atoms with Crippen molar-refractivity contribution in [3.8, 4) is 5.75 Å². The highest BCUT2D eigenvalue weighted by Crippen LogP contribution is 2.20. The van der Waals surface area contributed by atoms with E-state index in [2.05, 4.69) is 6.58 Å². The van der Waals surface area contributed by atoms with Crippen molar-refractivity contribution in [1.29, 1.82) is 0 Å². The Hall–Kier alpha value is -1.70. The SMILES string of the molecule is C=C(O)/C=C\c1cccc(O)c1C. The number of aliphatic hydroxyl groups excluding tert-OH is 1. The standard InChI is InChI=1S/C11H12O2/c1-8(12)6-7-10-4-3-5-11(13)9(10)2/h3-7,12-13H,1H2,2H3/b7-6-. The smallest absolute Gasteiger partial charge is 0.119 e. The number of aromatic hydroxyl groups is 1. The second-order valence-corrected chi connectivity index (χ2v) is 2.82. The van der Waals surface area contributed by atoms with E-state index >= 15 is 0 Å². The Morgan fingerprint density at radius 3 is 2.77 bits per heavy atom. The maximum absolute atomic E-state index is 9.35. The van der Waals surface area contributed by atoms with Crippen LogP contribution in [0.3, 0.4) is 0 Å². The number of allylic oxidation sites excluding steroid dienone is 1. The lowest BCUT2D eigenvalue weighted by atomic mass is 10.1. The molecular formula is C11H12O2. The molecule has 0 spiro atoms. The van der Waals surface area contributed by atoms with Gasteiger partial charge in [0.1, 0.15) is 11.5 Å². The lowest BCUT2D eigenvalue weighted by molar-refractivity contribution is 0.436. The minimum Gasteiger partial charge on any atom is -0.509 e. The molecule has 0 fully saturated rings. The number of hydrogen-bond donors (Lipinski definition) is 2. The van der Waals surface area contributed by atoms with Gasteiger partial charge in [-0.15, -0.1) is 0 Å². The maximum Gasteiger partial charge on any atom is 0.119 e. The molecule has 0 atom stereocenters. The number of rotatable bonds is 2. The van der Waals surface area contributed by atoms with Gasteiger partial charge in [-0.2, -0.15) is 0 Å². The molecule has 0 bridgehead atoms. The number of phenols is 1. The minimum atomic E-state index is 0.00254. The molecule has 0 heterocycles. The van der Waals surface area contributed by atoms with Crippen LogP contribution in [-0.2, 0) is 0 Å². The summed E-state index contributed by atoms with van der Waals surface area (Å²) in [6.45, 7) is 5.14. The fraction of sp³-hybridized carbons (Fsp3) is 0.0909. The van der Waals surface area contributed by atoms with E-state index in [1.807, 2.05) is 13.0 Å². The summed E-state index contributed by atoms with van der Waals surface area (Å²) in [5.74, 6) is 0.258. The quantitative estimate of drug-likeness (QED) is 0.537. The van der Waals surface area contributed by atoms with Gasteiger partial charge < -0.3 is 10.2 Å². The molecule has 0 saturated heterocycles. The van der Waals surface area contributed by atoms with Crippen molar-refractivity contribution >= 4 is 6.08 Å². The normalized spacial score (nSPS) is 10.5. The Labute approximate surface area is 77.5 Å². The number of benzene rings is 1. The molecule has 2 heteroatoms. The van der Waals surface area contributed by atoms with Gasteiger partial charge in [0.05, 0.1) is 0 Å². The summed E-state index contributed by atoms with van der Waals surface area (Å²) >= 11 is 0. The third-order valence-electron chi connectivity index (χ3n) is 1.80. The first-order valence-corrected chi connectivity index (χ1v) is 3.96. The first kappa shape index (κ1) is 9.39. The third kappa shape index (κ3) is 2.37. The Morgan fingerprint density at radius 2 is 2.15 bits per heavy atom. The molecule has 0 aromatic heterocycles. The molecule has 1 aromatic rings. The van der Waals surface area contributed by atoms with Crippen molar-refractivity contribution in [2.45, 2.75) is 6.92 Å². The van der Waals surface area contributed by atoms with E-state index in [4.69, 9.17) is 5.11 Å². The highest BCUT2D eigenvalue weighted by Gasteiger charge is 1.98. The molecule has 0 aliphatic carbocycles. The summed E-state index contributed by atoms with van der Waals surface area (Å²) in [5, 5.41) is 18.2. The Balaban J connectivity index is 3.02. The minimum absolute atomic E-state index is 0.00254. The fourth-order valence-electron chi connectivity index (χ4n) is 1.01. The van der Waals surface area contributed by atoms with Gasteiger partial charge in [0, 0.05) is 0 Å². The largest absolute Gasteiger partial charge is 0.509 e. The van der Waals surface area contributed by atoms with Gasteiger partial charge in [0.15, 0.2) is 0 Å². The van der Waals surface area contributed by atoms with Crippen molar-refractivity contribution in [2.75, 3.05) is 0 Å². The van der Waals surface area contributed by atoms with Crippen LogP contribution in [0.1, 0.15) is 11.1 Å². The van der Waals surface area contributed by atoms with Crippen molar-refractivity contribution in [3.63, 3.8) is 0 Å². The Bertz CT molecular complexity index is 351. The molecule has 0 aliphatic heterocycles. The summed E-state index contributed by atoms with van der Waals surface area (Å²) in [4.78, 5) is 0. The summed E-state index contributed by atoms with van der Waals surface area (Å²) in [7, 11) is 0. The number of phenolic OH excluding ortho intramolecular Hbond substituents is 1. The average molecular weight is 176 g/mol. The van der Waals surface area contributed by atoms with Crippen LogP contribution in [0.5, 0.6) is 5.75 Å². The molecule has 0 radical (unpaired) electrons. The van der Waals surface area contributed by atoms with E-state index in [0.717, 1.165) is 11.1 Å². The first-order chi connectivity index (χ1) is 6.11. The highest BCUT2D eigenvalue weighted by molar-refractivity contribution is 5.58. The van der Waals surface area contributed by atoms with Gasteiger partial charge in [-0.1, -0.05) is 24.8 Å². The molecule has 0 unspecified atom stereocenters. The van der Waals surface area contributed by atoms with Gasteiger partial charge in [-0.05, 0) is 30.2 Å². The monoisotopic (exact) mass is 176 g/mol. The second-order valence-electron chi connectivity index (χ2n) is 2.82. The van der Waals surface area contributed by atoms with Crippen LogP contribution in [0, 0.1) is 6.92 Å². The van der Waals surface area contributed by atoms with Crippen LogP contribution in [0.15, 0.2) is 36.6 Å². The van der Waals surface area contributed by atoms with E-state index in [9.17, 15) is 5.11 Å². The van der Waals surface area contributed by atoms with Crippen LogP contribution in [0.2, 0.25) is 0 Å². The predicted molar refractivity (Wildman–Crippen MR) is 53.6 cm³/mol. The van der Waals surface area contributed by atoms with Crippen molar-refractivity contribution < 1.29 is 10.2 Å². The van der Waals surface area contributed by atoms with Crippen LogP contribution >= 0.6 is 0 Å². The average Bonchev–Trinajstić information content (AvgIpc) is 2.07. The van der Waals surface area contributed by atoms with E-state index in [-0.39, 0.29) is 11.5 Å². The van der Waals surface area contributed by atoms with E-state index in [0.29, 0.717) is 0 Å². The second kappa shape index (κ2) is 3.81. The van der Waals surface area contributed by atoms with E-state index in [1.165, 1.54) is 6.08 Å². The maximum atomic E-state index is 9.35. The predicted octanol–water partition coefficient (Wildman–Crippen LogP) is 2.79. The van der Waals surface area contributed by atoms with Crippen LogP contribution < -0.4 is 0 Å². The Morgan fingerprint density at radius 1 is 1.46 bits per heavy atom. The van der Waals surface area contributed by atoms with Gasteiger partial charge in [-0.25, -0.2) is 0 Å². The third-order valence-corrected chi connectivity index (χ3v) is 1.80. The highest BCUT2D eigenvalue weighted by atomic mass is 16.3. The summed E-state index contributed by atoms with van der Waals surface area (Å²) in [5.41, 5.74) is 1.66. The van der Waals surface area contributed by atoms with Crippen molar-refractivity contribution in [3.05, 3.63) is 47.7 Å².